The van der Waals surface area contributed by atoms with Crippen molar-refractivity contribution in [2.75, 3.05) is 7.11 Å². The molecule has 0 spiro atoms. The molecule has 2 N–H and O–H groups in total. The van der Waals surface area contributed by atoms with Gasteiger partial charge >= 0.3 is 0 Å². The fourth-order valence-electron chi connectivity index (χ4n) is 2.88. The molecule has 0 aliphatic carbocycles. The Morgan fingerprint density at radius 2 is 2.00 bits per heavy atom. The summed E-state index contributed by atoms with van der Waals surface area (Å²) in [6.45, 7) is 2.59. The van der Waals surface area contributed by atoms with Crippen molar-refractivity contribution in [3.8, 4) is 5.75 Å². The van der Waals surface area contributed by atoms with Gasteiger partial charge in [0.2, 0.25) is 5.91 Å². The third-order valence-corrected chi connectivity index (χ3v) is 4.12. The Morgan fingerprint density at radius 3 is 2.83 bits per heavy atom. The Hall–Kier alpha value is -2.75. The van der Waals surface area contributed by atoms with Crippen molar-refractivity contribution in [1.82, 2.24) is 10.3 Å². The maximum atomic E-state index is 12.1. The SMILES string of the molecule is COc1ccccc1CCC(=O)NCc1ccc2[nH]c(C)cc2c1. The molecule has 0 saturated carbocycles. The molecule has 0 bridgehead atoms. The number of methoxy groups -OCH3 is 1. The lowest BCUT2D eigenvalue weighted by atomic mass is 10.1. The van der Waals surface area contributed by atoms with Gasteiger partial charge in [0, 0.05) is 24.2 Å². The van der Waals surface area contributed by atoms with Gasteiger partial charge in [-0.05, 0) is 54.1 Å². The number of amides is 1. The van der Waals surface area contributed by atoms with Gasteiger partial charge < -0.3 is 15.0 Å². The van der Waals surface area contributed by atoms with Crippen LogP contribution < -0.4 is 10.1 Å². The Bertz CT molecular complexity index is 852. The predicted octanol–water partition coefficient (Wildman–Crippen LogP) is 3.73. The summed E-state index contributed by atoms with van der Waals surface area (Å²) in [6, 6.07) is 16.1. The molecule has 0 aliphatic heterocycles. The topological polar surface area (TPSA) is 54.1 Å². The van der Waals surface area contributed by atoms with E-state index < -0.39 is 0 Å². The molecule has 0 fully saturated rings. The molecule has 0 unspecified atom stereocenters. The van der Waals surface area contributed by atoms with E-state index in [1.807, 2.05) is 37.3 Å². The first-order chi connectivity index (χ1) is 11.7. The minimum absolute atomic E-state index is 0.0475. The van der Waals surface area contributed by atoms with Gasteiger partial charge in [-0.1, -0.05) is 24.3 Å². The van der Waals surface area contributed by atoms with E-state index in [2.05, 4.69) is 28.5 Å². The van der Waals surface area contributed by atoms with E-state index in [4.69, 9.17) is 4.74 Å². The molecule has 4 nitrogen and oxygen atoms in total. The van der Waals surface area contributed by atoms with Crippen LogP contribution in [0.4, 0.5) is 0 Å². The molecule has 3 rings (SSSR count). The Balaban J connectivity index is 1.54. The average molecular weight is 322 g/mol. The molecule has 2 aromatic carbocycles. The highest BCUT2D eigenvalue weighted by Gasteiger charge is 2.07. The number of para-hydroxylation sites is 1. The van der Waals surface area contributed by atoms with Crippen LogP contribution in [0, 0.1) is 6.92 Å². The largest absolute Gasteiger partial charge is 0.496 e. The maximum absolute atomic E-state index is 12.1. The van der Waals surface area contributed by atoms with E-state index in [-0.39, 0.29) is 5.91 Å². The quantitative estimate of drug-likeness (QED) is 0.726. The fraction of sp³-hybridized carbons (Fsp3) is 0.250. The minimum Gasteiger partial charge on any atom is -0.496 e. The number of carbonyl (C=O) groups excluding carboxylic acids is 1. The zero-order valence-corrected chi connectivity index (χ0v) is 14.1. The molecule has 124 valence electrons. The number of fused-ring (bicyclic) bond motifs is 1. The van der Waals surface area contributed by atoms with Crippen LogP contribution in [0.15, 0.2) is 48.5 Å². The minimum atomic E-state index is 0.0475. The van der Waals surface area contributed by atoms with Crippen molar-refractivity contribution in [2.45, 2.75) is 26.3 Å². The number of rotatable bonds is 6. The van der Waals surface area contributed by atoms with Crippen LogP contribution in [0.1, 0.15) is 23.2 Å². The van der Waals surface area contributed by atoms with Gasteiger partial charge in [-0.15, -0.1) is 0 Å². The second kappa shape index (κ2) is 7.21. The van der Waals surface area contributed by atoms with Gasteiger partial charge in [-0.3, -0.25) is 4.79 Å². The Labute approximate surface area is 141 Å². The second-order valence-electron chi connectivity index (χ2n) is 5.96. The monoisotopic (exact) mass is 322 g/mol. The summed E-state index contributed by atoms with van der Waals surface area (Å²) >= 11 is 0. The third-order valence-electron chi connectivity index (χ3n) is 4.12. The number of aromatic amines is 1. The summed E-state index contributed by atoms with van der Waals surface area (Å²) < 4.78 is 5.32. The third kappa shape index (κ3) is 3.77. The van der Waals surface area contributed by atoms with Crippen LogP contribution in [0.3, 0.4) is 0 Å². The van der Waals surface area contributed by atoms with Crippen molar-refractivity contribution < 1.29 is 9.53 Å². The zero-order chi connectivity index (χ0) is 16.9. The lowest BCUT2D eigenvalue weighted by Crippen LogP contribution is -2.23. The van der Waals surface area contributed by atoms with Crippen molar-refractivity contribution >= 4 is 16.8 Å². The summed E-state index contributed by atoms with van der Waals surface area (Å²) in [5, 5.41) is 4.16. The van der Waals surface area contributed by atoms with Crippen LogP contribution in [0.2, 0.25) is 0 Å². The van der Waals surface area contributed by atoms with Crippen LogP contribution in [-0.2, 0) is 17.8 Å². The molecule has 4 heteroatoms. The fourth-order valence-corrected chi connectivity index (χ4v) is 2.88. The highest BCUT2D eigenvalue weighted by Crippen LogP contribution is 2.19. The van der Waals surface area contributed by atoms with Gasteiger partial charge in [-0.25, -0.2) is 0 Å². The second-order valence-corrected chi connectivity index (χ2v) is 5.96. The summed E-state index contributed by atoms with van der Waals surface area (Å²) in [6.07, 6.45) is 1.12. The van der Waals surface area contributed by atoms with E-state index in [0.717, 1.165) is 28.1 Å². The van der Waals surface area contributed by atoms with Gasteiger partial charge in [0.15, 0.2) is 0 Å². The molecule has 1 aromatic heterocycles. The van der Waals surface area contributed by atoms with E-state index in [1.165, 1.54) is 5.39 Å². The highest BCUT2D eigenvalue weighted by atomic mass is 16.5. The maximum Gasteiger partial charge on any atom is 0.220 e. The molecule has 0 saturated heterocycles. The first-order valence-corrected chi connectivity index (χ1v) is 8.12. The predicted molar refractivity (Wildman–Crippen MR) is 96.2 cm³/mol. The number of H-pyrrole nitrogens is 1. The molecule has 1 amide bonds. The molecule has 24 heavy (non-hydrogen) atoms. The van der Waals surface area contributed by atoms with E-state index in [0.29, 0.717) is 19.4 Å². The lowest BCUT2D eigenvalue weighted by Gasteiger charge is -2.09. The molecule has 0 aliphatic rings. The average Bonchev–Trinajstić information content (AvgIpc) is 2.97. The molecular formula is C20H22N2O2. The van der Waals surface area contributed by atoms with Crippen LogP contribution >= 0.6 is 0 Å². The van der Waals surface area contributed by atoms with Crippen molar-refractivity contribution in [2.24, 2.45) is 0 Å². The van der Waals surface area contributed by atoms with Gasteiger partial charge in [0.25, 0.3) is 0 Å². The standard InChI is InChI=1S/C20H22N2O2/c1-14-11-17-12-15(7-9-18(17)22-14)13-21-20(23)10-8-16-5-3-4-6-19(16)24-2/h3-7,9,11-12,22H,8,10,13H2,1-2H3,(H,21,23). The van der Waals surface area contributed by atoms with Crippen molar-refractivity contribution in [3.63, 3.8) is 0 Å². The van der Waals surface area contributed by atoms with Crippen molar-refractivity contribution in [3.05, 3.63) is 65.4 Å². The first-order valence-electron chi connectivity index (χ1n) is 8.12. The zero-order valence-electron chi connectivity index (χ0n) is 14.1. The summed E-state index contributed by atoms with van der Waals surface area (Å²) in [5.41, 5.74) is 4.42. The van der Waals surface area contributed by atoms with Crippen LogP contribution in [0.5, 0.6) is 5.75 Å². The van der Waals surface area contributed by atoms with E-state index in [9.17, 15) is 4.79 Å². The van der Waals surface area contributed by atoms with E-state index in [1.54, 1.807) is 7.11 Å². The lowest BCUT2D eigenvalue weighted by molar-refractivity contribution is -0.121. The molecule has 0 atom stereocenters. The number of benzene rings is 2. The number of aryl methyl sites for hydroxylation is 2. The number of hydrogen-bond donors (Lipinski definition) is 2. The van der Waals surface area contributed by atoms with Gasteiger partial charge in [-0.2, -0.15) is 0 Å². The molecule has 3 aromatic rings. The first kappa shape index (κ1) is 16.1. The molecular weight excluding hydrogens is 300 g/mol. The summed E-state index contributed by atoms with van der Waals surface area (Å²) in [4.78, 5) is 15.4. The smallest absolute Gasteiger partial charge is 0.220 e. The van der Waals surface area contributed by atoms with Crippen molar-refractivity contribution in [1.29, 1.82) is 0 Å². The molecule has 0 radical (unpaired) electrons. The number of nitrogens with one attached hydrogen (secondary N) is 2. The number of ether oxygens (including phenoxy) is 1. The normalized spacial score (nSPS) is 10.8. The molecule has 1 heterocycles. The summed E-state index contributed by atoms with van der Waals surface area (Å²) in [5.74, 6) is 0.879. The number of hydrogen-bond acceptors (Lipinski definition) is 2. The number of carbonyl (C=O) groups is 1. The van der Waals surface area contributed by atoms with Crippen LogP contribution in [0.25, 0.3) is 10.9 Å². The Kier molecular flexibility index (Phi) is 4.85. The highest BCUT2D eigenvalue weighted by molar-refractivity contribution is 5.81. The Morgan fingerprint density at radius 1 is 1.17 bits per heavy atom. The van der Waals surface area contributed by atoms with Gasteiger partial charge in [0.1, 0.15) is 5.75 Å². The van der Waals surface area contributed by atoms with E-state index >= 15 is 0 Å². The summed E-state index contributed by atoms with van der Waals surface area (Å²) in [7, 11) is 1.65. The van der Waals surface area contributed by atoms with Gasteiger partial charge in [0.05, 0.1) is 7.11 Å². The van der Waals surface area contributed by atoms with Crippen LogP contribution in [-0.4, -0.2) is 18.0 Å². The number of aromatic nitrogens is 1.